The Morgan fingerprint density at radius 3 is 3.00 bits per heavy atom. The summed E-state index contributed by atoms with van der Waals surface area (Å²) in [7, 11) is 1.89. The van der Waals surface area contributed by atoms with Crippen LogP contribution in [0.1, 0.15) is 5.89 Å². The first-order valence-electron chi connectivity index (χ1n) is 5.34. The molecule has 0 saturated heterocycles. The summed E-state index contributed by atoms with van der Waals surface area (Å²) >= 11 is 3.42. The number of aromatic nitrogens is 4. The van der Waals surface area contributed by atoms with E-state index in [1.54, 1.807) is 4.68 Å². The van der Waals surface area contributed by atoms with E-state index in [-0.39, 0.29) is 6.54 Å². The van der Waals surface area contributed by atoms with Crippen LogP contribution >= 0.6 is 15.9 Å². The van der Waals surface area contributed by atoms with Gasteiger partial charge in [-0.1, -0.05) is 11.2 Å². The van der Waals surface area contributed by atoms with Gasteiger partial charge in [0.25, 0.3) is 0 Å². The minimum atomic E-state index is 0.243. The van der Waals surface area contributed by atoms with Gasteiger partial charge in [0.1, 0.15) is 4.60 Å². The molecular formula is C11H10BrN5O. The second-order valence-electron chi connectivity index (χ2n) is 3.86. The van der Waals surface area contributed by atoms with Crippen LogP contribution in [-0.2, 0) is 13.6 Å². The minimum Gasteiger partial charge on any atom is -0.338 e. The van der Waals surface area contributed by atoms with Crippen molar-refractivity contribution in [2.24, 2.45) is 12.8 Å². The highest BCUT2D eigenvalue weighted by atomic mass is 79.9. The molecule has 2 N–H and O–H groups in total. The maximum atomic E-state index is 5.44. The normalized spacial score (nSPS) is 11.3. The summed E-state index contributed by atoms with van der Waals surface area (Å²) < 4.78 is 7.62. The lowest BCUT2D eigenvalue weighted by atomic mass is 10.1. The van der Waals surface area contributed by atoms with E-state index in [9.17, 15) is 0 Å². The van der Waals surface area contributed by atoms with Crippen molar-refractivity contribution in [1.82, 2.24) is 19.9 Å². The van der Waals surface area contributed by atoms with E-state index in [2.05, 4.69) is 31.2 Å². The van der Waals surface area contributed by atoms with E-state index in [1.807, 2.05) is 25.2 Å². The molecule has 0 bridgehead atoms. The lowest BCUT2D eigenvalue weighted by molar-refractivity contribution is 0.380. The van der Waals surface area contributed by atoms with Crippen LogP contribution in [0.15, 0.2) is 27.3 Å². The maximum absolute atomic E-state index is 5.44. The largest absolute Gasteiger partial charge is 0.338 e. The SMILES string of the molecule is Cn1nc(Br)c2ccc(-c3noc(CN)n3)cc21. The van der Waals surface area contributed by atoms with Gasteiger partial charge in [-0.15, -0.1) is 0 Å². The number of nitrogens with zero attached hydrogens (tertiary/aromatic N) is 4. The van der Waals surface area contributed by atoms with Gasteiger partial charge in [0.05, 0.1) is 12.1 Å². The highest BCUT2D eigenvalue weighted by molar-refractivity contribution is 9.10. The molecule has 0 aliphatic rings. The summed E-state index contributed by atoms with van der Waals surface area (Å²) in [6.45, 7) is 0.243. The molecule has 18 heavy (non-hydrogen) atoms. The number of fused-ring (bicyclic) bond motifs is 1. The number of nitrogens with two attached hydrogens (primary N) is 1. The van der Waals surface area contributed by atoms with E-state index < -0.39 is 0 Å². The van der Waals surface area contributed by atoms with E-state index >= 15 is 0 Å². The Balaban J connectivity index is 2.15. The molecule has 7 heteroatoms. The smallest absolute Gasteiger partial charge is 0.240 e. The molecule has 2 heterocycles. The van der Waals surface area contributed by atoms with E-state index in [0.29, 0.717) is 11.7 Å². The fourth-order valence-corrected chi connectivity index (χ4v) is 2.38. The first kappa shape index (κ1) is 11.4. The third kappa shape index (κ3) is 1.72. The summed E-state index contributed by atoms with van der Waals surface area (Å²) in [5, 5.41) is 9.23. The molecule has 0 atom stereocenters. The van der Waals surface area contributed by atoms with Gasteiger partial charge in [0.2, 0.25) is 11.7 Å². The zero-order valence-electron chi connectivity index (χ0n) is 9.59. The van der Waals surface area contributed by atoms with Gasteiger partial charge >= 0.3 is 0 Å². The molecule has 1 aromatic carbocycles. The van der Waals surface area contributed by atoms with Crippen LogP contribution in [0.4, 0.5) is 0 Å². The Morgan fingerprint density at radius 2 is 2.28 bits per heavy atom. The Bertz CT molecular complexity index is 717. The van der Waals surface area contributed by atoms with Gasteiger partial charge in [-0.05, 0) is 28.1 Å². The molecule has 0 unspecified atom stereocenters. The molecule has 3 aromatic rings. The summed E-state index contributed by atoms with van der Waals surface area (Å²) in [6, 6.07) is 5.87. The first-order chi connectivity index (χ1) is 8.69. The van der Waals surface area contributed by atoms with Crippen LogP contribution in [0.25, 0.3) is 22.3 Å². The first-order valence-corrected chi connectivity index (χ1v) is 6.13. The van der Waals surface area contributed by atoms with Crippen LogP contribution in [-0.4, -0.2) is 19.9 Å². The number of hydrogen-bond acceptors (Lipinski definition) is 5. The molecule has 92 valence electrons. The third-order valence-corrected chi connectivity index (χ3v) is 3.29. The van der Waals surface area contributed by atoms with Crippen LogP contribution in [0, 0.1) is 0 Å². The fraction of sp³-hybridized carbons (Fsp3) is 0.182. The Kier molecular flexibility index (Phi) is 2.64. The van der Waals surface area contributed by atoms with Crippen molar-refractivity contribution in [3.05, 3.63) is 28.7 Å². The van der Waals surface area contributed by atoms with Crippen molar-refractivity contribution in [3.63, 3.8) is 0 Å². The average molecular weight is 308 g/mol. The molecule has 0 amide bonds. The molecule has 0 radical (unpaired) electrons. The van der Waals surface area contributed by atoms with Gasteiger partial charge < -0.3 is 10.3 Å². The molecule has 0 fully saturated rings. The second kappa shape index (κ2) is 4.18. The predicted molar refractivity (Wildman–Crippen MR) is 69.6 cm³/mol. The topological polar surface area (TPSA) is 82.8 Å². The lowest BCUT2D eigenvalue weighted by Gasteiger charge is -1.97. The second-order valence-corrected chi connectivity index (χ2v) is 4.61. The summed E-state index contributed by atoms with van der Waals surface area (Å²) in [5.74, 6) is 0.964. The van der Waals surface area contributed by atoms with Crippen molar-refractivity contribution in [1.29, 1.82) is 0 Å². The Labute approximate surface area is 111 Å². The van der Waals surface area contributed by atoms with Gasteiger partial charge in [-0.2, -0.15) is 10.1 Å². The zero-order chi connectivity index (χ0) is 12.7. The molecule has 6 nitrogen and oxygen atoms in total. The van der Waals surface area contributed by atoms with Gasteiger partial charge in [-0.3, -0.25) is 4.68 Å². The van der Waals surface area contributed by atoms with Gasteiger partial charge in [0, 0.05) is 18.0 Å². The summed E-state index contributed by atoms with van der Waals surface area (Å²) in [6.07, 6.45) is 0. The number of rotatable bonds is 2. The van der Waals surface area contributed by atoms with E-state index in [1.165, 1.54) is 0 Å². The molecule has 0 saturated carbocycles. The molecule has 0 aliphatic heterocycles. The number of benzene rings is 1. The fourth-order valence-electron chi connectivity index (χ4n) is 1.81. The summed E-state index contributed by atoms with van der Waals surface area (Å²) in [4.78, 5) is 4.20. The third-order valence-electron chi connectivity index (χ3n) is 2.71. The van der Waals surface area contributed by atoms with Crippen molar-refractivity contribution < 1.29 is 4.52 Å². The molecular weight excluding hydrogens is 298 g/mol. The molecule has 0 aliphatic carbocycles. The van der Waals surface area contributed by atoms with Crippen LogP contribution in [0.3, 0.4) is 0 Å². The van der Waals surface area contributed by atoms with Crippen LogP contribution in [0.5, 0.6) is 0 Å². The van der Waals surface area contributed by atoms with E-state index in [0.717, 1.165) is 21.1 Å². The predicted octanol–water partition coefficient (Wildman–Crippen LogP) is 1.84. The highest BCUT2D eigenvalue weighted by Crippen LogP contribution is 2.26. The maximum Gasteiger partial charge on any atom is 0.240 e. The van der Waals surface area contributed by atoms with Crippen molar-refractivity contribution in [2.45, 2.75) is 6.54 Å². The Morgan fingerprint density at radius 1 is 1.44 bits per heavy atom. The van der Waals surface area contributed by atoms with Crippen molar-refractivity contribution in [2.75, 3.05) is 0 Å². The van der Waals surface area contributed by atoms with Gasteiger partial charge in [-0.25, -0.2) is 0 Å². The lowest BCUT2D eigenvalue weighted by Crippen LogP contribution is -1.95. The molecule has 0 spiro atoms. The van der Waals surface area contributed by atoms with Gasteiger partial charge in [0.15, 0.2) is 0 Å². The van der Waals surface area contributed by atoms with Crippen molar-refractivity contribution in [3.8, 4) is 11.4 Å². The van der Waals surface area contributed by atoms with E-state index in [4.69, 9.17) is 10.3 Å². The highest BCUT2D eigenvalue weighted by Gasteiger charge is 2.11. The summed E-state index contributed by atoms with van der Waals surface area (Å²) in [5.41, 5.74) is 7.32. The van der Waals surface area contributed by atoms with Crippen LogP contribution < -0.4 is 5.73 Å². The zero-order valence-corrected chi connectivity index (χ0v) is 11.2. The minimum absolute atomic E-state index is 0.243. The standard InChI is InChI=1S/C11H10BrN5O/c1-17-8-4-6(2-3-7(8)10(12)15-17)11-14-9(5-13)18-16-11/h2-4H,5,13H2,1H3. The monoisotopic (exact) mass is 307 g/mol. The number of aryl methyl sites for hydroxylation is 1. The molecule has 3 rings (SSSR count). The number of halogens is 1. The number of hydrogen-bond donors (Lipinski definition) is 1. The quantitative estimate of drug-likeness (QED) is 0.781. The Hall–Kier alpha value is -1.73. The van der Waals surface area contributed by atoms with Crippen molar-refractivity contribution >= 4 is 26.8 Å². The molecule has 2 aromatic heterocycles. The van der Waals surface area contributed by atoms with Crippen LogP contribution in [0.2, 0.25) is 0 Å². The average Bonchev–Trinajstić information content (AvgIpc) is 2.95.